The Morgan fingerprint density at radius 3 is 2.58 bits per heavy atom. The number of fused-ring (bicyclic) bond motifs is 1. The second-order valence-corrected chi connectivity index (χ2v) is 7.79. The highest BCUT2D eigenvalue weighted by Crippen LogP contribution is 2.44. The van der Waals surface area contributed by atoms with Crippen LogP contribution in [0.2, 0.25) is 0 Å². The van der Waals surface area contributed by atoms with Crippen LogP contribution >= 0.6 is 15.9 Å². The molecule has 1 N–H and O–H groups in total. The molecule has 0 spiro atoms. The van der Waals surface area contributed by atoms with Gasteiger partial charge in [0.05, 0.1) is 32.3 Å². The highest BCUT2D eigenvalue weighted by Gasteiger charge is 2.35. The lowest BCUT2D eigenvalue weighted by Gasteiger charge is -2.28. The van der Waals surface area contributed by atoms with Gasteiger partial charge in [0.1, 0.15) is 23.9 Å². The molecule has 3 rings (SSSR count). The summed E-state index contributed by atoms with van der Waals surface area (Å²) in [6.45, 7) is 4.46. The summed E-state index contributed by atoms with van der Waals surface area (Å²) < 4.78 is 22.7. The van der Waals surface area contributed by atoms with E-state index in [1.165, 1.54) is 0 Å². The molecule has 0 bridgehead atoms. The first kappa shape index (κ1) is 23.0. The van der Waals surface area contributed by atoms with Crippen molar-refractivity contribution in [3.05, 3.63) is 52.6 Å². The van der Waals surface area contributed by atoms with Crippen LogP contribution in [0.5, 0.6) is 28.7 Å². The molecule has 2 aromatic rings. The first-order valence-electron chi connectivity index (χ1n) is 10.1. The van der Waals surface area contributed by atoms with Crippen LogP contribution in [-0.4, -0.2) is 43.7 Å². The van der Waals surface area contributed by atoms with E-state index in [4.69, 9.17) is 18.9 Å². The largest absolute Gasteiger partial charge is 0.508 e. The van der Waals surface area contributed by atoms with E-state index in [0.717, 1.165) is 10.9 Å². The minimum atomic E-state index is -0.564. The van der Waals surface area contributed by atoms with E-state index in [0.29, 0.717) is 52.7 Å². The number of ether oxygens (including phenoxy) is 4. The van der Waals surface area contributed by atoms with Gasteiger partial charge in [-0.2, -0.15) is 0 Å². The molecule has 0 aliphatic carbocycles. The van der Waals surface area contributed by atoms with Gasteiger partial charge < -0.3 is 24.1 Å². The van der Waals surface area contributed by atoms with E-state index in [1.807, 2.05) is 19.9 Å². The number of phenols is 1. The van der Waals surface area contributed by atoms with Crippen LogP contribution in [0.3, 0.4) is 0 Å². The van der Waals surface area contributed by atoms with E-state index in [9.17, 15) is 9.90 Å². The van der Waals surface area contributed by atoms with Gasteiger partial charge in [0.2, 0.25) is 0 Å². The van der Waals surface area contributed by atoms with Gasteiger partial charge in [-0.3, -0.25) is 4.79 Å². The number of alkyl halides is 1. The molecular formula is C24H27BrO6. The summed E-state index contributed by atoms with van der Waals surface area (Å²) in [6.07, 6.45) is 2.48. The summed E-state index contributed by atoms with van der Waals surface area (Å²) in [5, 5.41) is 11.1. The quantitative estimate of drug-likeness (QED) is 0.412. The fourth-order valence-electron chi connectivity index (χ4n) is 3.59. The standard InChI is InChI=1S/C24H27BrO6/c1-5-30-20-11-22(29-4)21(28-3)10-17(20)18-13-31-24-15(7-6-14(2)12-25)19(26)9-8-16(24)23(18)27/h6,8-11,18,26H,5,7,12-13H2,1-4H3/b14-6+/t18-/m1/s1. The molecule has 2 aromatic carbocycles. The minimum Gasteiger partial charge on any atom is -0.508 e. The molecule has 166 valence electrons. The van der Waals surface area contributed by atoms with E-state index < -0.39 is 5.92 Å². The Bertz CT molecular complexity index is 998. The second kappa shape index (κ2) is 10.1. The fourth-order valence-corrected chi connectivity index (χ4v) is 3.82. The van der Waals surface area contributed by atoms with E-state index in [2.05, 4.69) is 15.9 Å². The highest BCUT2D eigenvalue weighted by molar-refractivity contribution is 9.09. The summed E-state index contributed by atoms with van der Waals surface area (Å²) in [6, 6.07) is 6.67. The zero-order valence-electron chi connectivity index (χ0n) is 18.2. The number of carbonyl (C=O) groups excluding carboxylic acids is 1. The molecular weight excluding hydrogens is 464 g/mol. The minimum absolute atomic E-state index is 0.0862. The van der Waals surface area contributed by atoms with Gasteiger partial charge in [0, 0.05) is 22.5 Å². The number of ketones is 1. The van der Waals surface area contributed by atoms with Crippen molar-refractivity contribution in [2.45, 2.75) is 26.2 Å². The number of phenolic OH excluding ortho intramolecular Hbond substituents is 1. The molecule has 1 aliphatic heterocycles. The second-order valence-electron chi connectivity index (χ2n) is 7.23. The van der Waals surface area contributed by atoms with Crippen LogP contribution in [0.4, 0.5) is 0 Å². The number of aromatic hydroxyl groups is 1. The maximum absolute atomic E-state index is 13.5. The Balaban J connectivity index is 2.04. The van der Waals surface area contributed by atoms with E-state index in [1.54, 1.807) is 38.5 Å². The number of hydrogen-bond donors (Lipinski definition) is 1. The molecule has 0 unspecified atom stereocenters. The lowest BCUT2D eigenvalue weighted by Crippen LogP contribution is -2.27. The van der Waals surface area contributed by atoms with Gasteiger partial charge in [-0.1, -0.05) is 27.6 Å². The predicted molar refractivity (Wildman–Crippen MR) is 123 cm³/mol. The van der Waals surface area contributed by atoms with Crippen LogP contribution in [0.25, 0.3) is 0 Å². The topological polar surface area (TPSA) is 74.2 Å². The molecule has 6 nitrogen and oxygen atoms in total. The van der Waals surface area contributed by atoms with Crippen LogP contribution in [0.15, 0.2) is 35.9 Å². The van der Waals surface area contributed by atoms with Crippen molar-refractivity contribution in [1.82, 2.24) is 0 Å². The molecule has 0 radical (unpaired) electrons. The van der Waals surface area contributed by atoms with Crippen molar-refractivity contribution >= 4 is 21.7 Å². The Morgan fingerprint density at radius 2 is 1.94 bits per heavy atom. The van der Waals surface area contributed by atoms with Gasteiger partial charge in [0.15, 0.2) is 17.3 Å². The number of methoxy groups -OCH3 is 2. The zero-order chi connectivity index (χ0) is 22.5. The number of rotatable bonds is 8. The van der Waals surface area contributed by atoms with Gasteiger partial charge in [-0.25, -0.2) is 0 Å². The molecule has 31 heavy (non-hydrogen) atoms. The van der Waals surface area contributed by atoms with Crippen molar-refractivity contribution in [2.75, 3.05) is 32.8 Å². The maximum Gasteiger partial charge on any atom is 0.177 e. The monoisotopic (exact) mass is 490 g/mol. The number of hydrogen-bond acceptors (Lipinski definition) is 6. The Labute approximate surface area is 190 Å². The van der Waals surface area contributed by atoms with Crippen molar-refractivity contribution in [1.29, 1.82) is 0 Å². The lowest BCUT2D eigenvalue weighted by atomic mass is 9.86. The van der Waals surface area contributed by atoms with Gasteiger partial charge >= 0.3 is 0 Å². The summed E-state index contributed by atoms with van der Waals surface area (Å²) in [5.74, 6) is 1.51. The van der Waals surface area contributed by atoms with Gasteiger partial charge in [0.25, 0.3) is 0 Å². The van der Waals surface area contributed by atoms with Crippen molar-refractivity contribution in [2.24, 2.45) is 0 Å². The Hall–Kier alpha value is -2.67. The molecule has 0 saturated heterocycles. The van der Waals surface area contributed by atoms with Crippen LogP contribution < -0.4 is 18.9 Å². The molecule has 0 saturated carbocycles. The first-order valence-corrected chi connectivity index (χ1v) is 11.2. The third-order valence-electron chi connectivity index (χ3n) is 5.27. The summed E-state index contributed by atoms with van der Waals surface area (Å²) in [5.41, 5.74) is 2.87. The molecule has 1 aliphatic rings. The zero-order valence-corrected chi connectivity index (χ0v) is 19.7. The van der Waals surface area contributed by atoms with Gasteiger partial charge in [-0.15, -0.1) is 0 Å². The number of halogens is 1. The SMILES string of the molecule is CCOc1cc(OC)c(OC)cc1[C@H]1COc2c(ccc(O)c2C/C=C(\C)CBr)C1=O. The first-order chi connectivity index (χ1) is 14.9. The normalized spacial score (nSPS) is 15.8. The maximum atomic E-state index is 13.5. The highest BCUT2D eigenvalue weighted by atomic mass is 79.9. The lowest BCUT2D eigenvalue weighted by molar-refractivity contribution is 0.0892. The number of carbonyl (C=O) groups is 1. The molecule has 1 atom stereocenters. The average molecular weight is 491 g/mol. The third-order valence-corrected chi connectivity index (χ3v) is 6.15. The van der Waals surface area contributed by atoms with Crippen LogP contribution in [0.1, 0.15) is 41.3 Å². The average Bonchev–Trinajstić information content (AvgIpc) is 2.78. The smallest absolute Gasteiger partial charge is 0.177 e. The van der Waals surface area contributed by atoms with Crippen LogP contribution in [-0.2, 0) is 6.42 Å². The number of benzene rings is 2. The molecule has 1 heterocycles. The Morgan fingerprint density at radius 1 is 1.23 bits per heavy atom. The number of allylic oxidation sites excluding steroid dienone is 2. The summed E-state index contributed by atoms with van der Waals surface area (Å²) in [4.78, 5) is 13.5. The molecule has 0 fully saturated rings. The summed E-state index contributed by atoms with van der Waals surface area (Å²) in [7, 11) is 3.10. The van der Waals surface area contributed by atoms with Crippen molar-refractivity contribution in [3.63, 3.8) is 0 Å². The summed E-state index contributed by atoms with van der Waals surface area (Å²) >= 11 is 3.42. The van der Waals surface area contributed by atoms with Crippen molar-refractivity contribution in [3.8, 4) is 28.7 Å². The van der Waals surface area contributed by atoms with Crippen molar-refractivity contribution < 1.29 is 28.8 Å². The van der Waals surface area contributed by atoms with Crippen LogP contribution in [0, 0.1) is 0 Å². The van der Waals surface area contributed by atoms with E-state index in [-0.39, 0.29) is 18.1 Å². The Kier molecular flexibility index (Phi) is 7.49. The van der Waals surface area contributed by atoms with Gasteiger partial charge in [-0.05, 0) is 38.5 Å². The number of Topliss-reactive ketones (excluding diaryl/α,β-unsaturated/α-hetero) is 1. The third kappa shape index (κ3) is 4.66. The molecule has 0 amide bonds. The van der Waals surface area contributed by atoms with E-state index >= 15 is 0 Å². The fraction of sp³-hybridized carbons (Fsp3) is 0.375. The predicted octanol–water partition coefficient (Wildman–Crippen LogP) is 5.05. The molecule has 0 aromatic heterocycles. The molecule has 7 heteroatoms.